The van der Waals surface area contributed by atoms with E-state index in [1.54, 1.807) is 0 Å². The van der Waals surface area contributed by atoms with Gasteiger partial charge in [-0.25, -0.2) is 9.13 Å². The van der Waals surface area contributed by atoms with E-state index in [9.17, 15) is 0 Å². The third-order valence-corrected chi connectivity index (χ3v) is 2.02. The van der Waals surface area contributed by atoms with Gasteiger partial charge >= 0.3 is 0 Å². The van der Waals surface area contributed by atoms with E-state index in [1.165, 1.54) is 5.82 Å². The lowest BCUT2D eigenvalue weighted by molar-refractivity contribution is -0.677. The molecule has 0 spiro atoms. The number of terminal acetylenes is 1. The van der Waals surface area contributed by atoms with Gasteiger partial charge in [0.25, 0.3) is 5.82 Å². The first-order chi connectivity index (χ1) is 6.25. The molecule has 0 aliphatic heterocycles. The van der Waals surface area contributed by atoms with Crippen LogP contribution in [0.2, 0.25) is 0 Å². The second-order valence-corrected chi connectivity index (χ2v) is 2.92. The van der Waals surface area contributed by atoms with Gasteiger partial charge in [0.2, 0.25) is 0 Å². The molecule has 0 radical (unpaired) electrons. The molecule has 0 aliphatic rings. The summed E-state index contributed by atoms with van der Waals surface area (Å²) in [5.41, 5.74) is 0. The molecule has 3 heteroatoms. The Hall–Kier alpha value is -1.27. The third-order valence-electron chi connectivity index (χ3n) is 2.02. The number of imidazole rings is 1. The number of hydrogen-bond donors (Lipinski definition) is 0. The van der Waals surface area contributed by atoms with Crippen LogP contribution >= 0.6 is 0 Å². The molecule has 70 valence electrons. The molecule has 0 fully saturated rings. The Kier molecular flexibility index (Phi) is 3.53. The van der Waals surface area contributed by atoms with Gasteiger partial charge in [0.15, 0.2) is 6.73 Å². The molecule has 0 atom stereocenters. The van der Waals surface area contributed by atoms with Crippen LogP contribution in [0.4, 0.5) is 0 Å². The van der Waals surface area contributed by atoms with Crippen LogP contribution in [0.1, 0.15) is 12.2 Å². The van der Waals surface area contributed by atoms with Crippen LogP contribution < -0.4 is 4.57 Å². The fourth-order valence-corrected chi connectivity index (χ4v) is 1.03. The molecule has 3 nitrogen and oxygen atoms in total. The van der Waals surface area contributed by atoms with Gasteiger partial charge in [-0.1, -0.05) is 0 Å². The molecule has 0 bridgehead atoms. The summed E-state index contributed by atoms with van der Waals surface area (Å²) >= 11 is 0. The Bertz CT molecular complexity index is 309. The van der Waals surface area contributed by atoms with Crippen molar-refractivity contribution in [3.63, 3.8) is 0 Å². The quantitative estimate of drug-likeness (QED) is 0.376. The second-order valence-electron chi connectivity index (χ2n) is 2.92. The van der Waals surface area contributed by atoms with Crippen molar-refractivity contribution in [1.82, 2.24) is 4.57 Å². The number of nitrogens with zero attached hydrogens (tertiary/aromatic N) is 2. The summed E-state index contributed by atoms with van der Waals surface area (Å²) in [4.78, 5) is 0. The summed E-state index contributed by atoms with van der Waals surface area (Å²) in [5, 5.41) is 0. The van der Waals surface area contributed by atoms with Crippen molar-refractivity contribution in [2.45, 2.75) is 20.1 Å². The highest BCUT2D eigenvalue weighted by molar-refractivity contribution is 4.83. The van der Waals surface area contributed by atoms with Gasteiger partial charge < -0.3 is 4.74 Å². The van der Waals surface area contributed by atoms with Gasteiger partial charge in [0.1, 0.15) is 12.4 Å². The van der Waals surface area contributed by atoms with E-state index >= 15 is 0 Å². The molecule has 1 rings (SSSR count). The predicted molar refractivity (Wildman–Crippen MR) is 49.7 cm³/mol. The van der Waals surface area contributed by atoms with E-state index in [4.69, 9.17) is 11.2 Å². The Balaban J connectivity index is 2.38. The molecule has 1 aromatic heterocycles. The van der Waals surface area contributed by atoms with Crippen molar-refractivity contribution < 1.29 is 9.30 Å². The van der Waals surface area contributed by atoms with E-state index in [2.05, 4.69) is 5.92 Å². The van der Waals surface area contributed by atoms with Gasteiger partial charge in [-0.2, -0.15) is 0 Å². The summed E-state index contributed by atoms with van der Waals surface area (Å²) in [6.45, 7) is 3.25. The first-order valence-corrected chi connectivity index (χ1v) is 4.28. The van der Waals surface area contributed by atoms with Gasteiger partial charge in [-0.15, -0.1) is 12.3 Å². The minimum absolute atomic E-state index is 0.578. The lowest BCUT2D eigenvalue weighted by Crippen LogP contribution is -2.29. The lowest BCUT2D eigenvalue weighted by atomic mass is 10.5. The van der Waals surface area contributed by atoms with Crippen molar-refractivity contribution in [3.05, 3.63) is 18.2 Å². The molecule has 0 aliphatic carbocycles. The van der Waals surface area contributed by atoms with Crippen molar-refractivity contribution in [2.75, 3.05) is 6.61 Å². The molecule has 0 saturated carbocycles. The van der Waals surface area contributed by atoms with Gasteiger partial charge in [-0.3, -0.25) is 0 Å². The molecular weight excluding hydrogens is 164 g/mol. The lowest BCUT2D eigenvalue weighted by Gasteiger charge is -1.99. The smallest absolute Gasteiger partial charge is 0.254 e. The third kappa shape index (κ3) is 2.60. The van der Waals surface area contributed by atoms with Gasteiger partial charge in [0, 0.05) is 13.3 Å². The highest BCUT2D eigenvalue weighted by Gasteiger charge is 2.07. The summed E-state index contributed by atoms with van der Waals surface area (Å²) in [6, 6.07) is 0. The largest absolute Gasteiger partial charge is 0.341 e. The number of ether oxygens (including phenoxy) is 1. The van der Waals surface area contributed by atoms with Crippen molar-refractivity contribution in [1.29, 1.82) is 0 Å². The Morgan fingerprint density at radius 3 is 3.00 bits per heavy atom. The zero-order chi connectivity index (χ0) is 9.68. The van der Waals surface area contributed by atoms with Gasteiger partial charge in [-0.05, 0) is 0 Å². The summed E-state index contributed by atoms with van der Waals surface area (Å²) in [6.07, 6.45) is 9.77. The van der Waals surface area contributed by atoms with Crippen LogP contribution in [-0.2, 0) is 18.5 Å². The van der Waals surface area contributed by atoms with Crippen molar-refractivity contribution in [3.8, 4) is 12.3 Å². The predicted octanol–water partition coefficient (Wildman–Crippen LogP) is 0.618. The molecule has 0 saturated heterocycles. The van der Waals surface area contributed by atoms with E-state index in [-0.39, 0.29) is 0 Å². The van der Waals surface area contributed by atoms with E-state index in [0.29, 0.717) is 19.8 Å². The molecule has 0 N–H and O–H groups in total. The minimum Gasteiger partial charge on any atom is -0.341 e. The maximum Gasteiger partial charge on any atom is 0.254 e. The fourth-order valence-electron chi connectivity index (χ4n) is 1.03. The maximum absolute atomic E-state index is 5.36. The maximum atomic E-state index is 5.36. The van der Waals surface area contributed by atoms with Crippen LogP contribution in [0, 0.1) is 19.3 Å². The molecule has 1 heterocycles. The van der Waals surface area contributed by atoms with E-state index in [1.807, 2.05) is 35.5 Å². The Morgan fingerprint density at radius 2 is 2.46 bits per heavy atom. The summed E-state index contributed by atoms with van der Waals surface area (Å²) in [5.74, 6) is 3.70. The second kappa shape index (κ2) is 4.68. The molecule has 1 aromatic rings. The number of aryl methyl sites for hydroxylation is 1. The molecule has 0 amide bonds. The monoisotopic (exact) mass is 179 g/mol. The average Bonchev–Trinajstić information content (AvgIpc) is 2.43. The van der Waals surface area contributed by atoms with E-state index < -0.39 is 0 Å². The first-order valence-electron chi connectivity index (χ1n) is 4.28. The van der Waals surface area contributed by atoms with Crippen molar-refractivity contribution in [2.24, 2.45) is 7.05 Å². The van der Waals surface area contributed by atoms with Crippen molar-refractivity contribution >= 4 is 0 Å². The number of rotatable bonds is 4. The number of hydrogen-bond acceptors (Lipinski definition) is 1. The standard InChI is InChI=1S/C10H15N2O/c1-4-5-8-13-9-12-7-6-11(3)10(12)2/h1,6-7H,5,8-9H2,2-3H3/q+1. The van der Waals surface area contributed by atoms with Crippen LogP contribution in [-0.4, -0.2) is 11.2 Å². The zero-order valence-corrected chi connectivity index (χ0v) is 8.16. The number of aromatic nitrogens is 2. The fraction of sp³-hybridized carbons (Fsp3) is 0.500. The summed E-state index contributed by atoms with van der Waals surface area (Å²) in [7, 11) is 2.01. The topological polar surface area (TPSA) is 18.0 Å². The highest BCUT2D eigenvalue weighted by Crippen LogP contribution is 1.93. The first kappa shape index (κ1) is 9.82. The van der Waals surface area contributed by atoms with E-state index in [0.717, 1.165) is 0 Å². The normalized spacial score (nSPS) is 9.92. The average molecular weight is 179 g/mol. The van der Waals surface area contributed by atoms with Crippen LogP contribution in [0.15, 0.2) is 12.4 Å². The Morgan fingerprint density at radius 1 is 1.69 bits per heavy atom. The molecular formula is C10H15N2O+. The molecule has 13 heavy (non-hydrogen) atoms. The van der Waals surface area contributed by atoms with Crippen LogP contribution in [0.5, 0.6) is 0 Å². The SMILES string of the molecule is C#CCCOCn1cc[n+](C)c1C. The summed E-state index contributed by atoms with van der Waals surface area (Å²) < 4.78 is 9.45. The zero-order valence-electron chi connectivity index (χ0n) is 8.16. The Labute approximate surface area is 78.9 Å². The van der Waals surface area contributed by atoms with Gasteiger partial charge in [0.05, 0.1) is 13.7 Å². The van der Waals surface area contributed by atoms with Crippen LogP contribution in [0.3, 0.4) is 0 Å². The molecule has 0 aromatic carbocycles. The minimum atomic E-state index is 0.578. The highest BCUT2D eigenvalue weighted by atomic mass is 16.5. The molecule has 0 unspecified atom stereocenters. The van der Waals surface area contributed by atoms with Crippen LogP contribution in [0.25, 0.3) is 0 Å².